The Bertz CT molecular complexity index is 725. The normalized spacial score (nSPS) is 26.7. The van der Waals surface area contributed by atoms with Gasteiger partial charge in [-0.25, -0.2) is 0 Å². The number of pyridine rings is 1. The number of carbonyl (C=O) groups is 1. The van der Waals surface area contributed by atoms with Gasteiger partial charge in [0, 0.05) is 23.7 Å². The van der Waals surface area contributed by atoms with E-state index in [2.05, 4.69) is 41.6 Å². The molecule has 4 nitrogen and oxygen atoms in total. The highest BCUT2D eigenvalue weighted by Crippen LogP contribution is 2.49. The van der Waals surface area contributed by atoms with Crippen LogP contribution in [-0.4, -0.2) is 24.0 Å². The van der Waals surface area contributed by atoms with Gasteiger partial charge in [0.25, 0.3) is 0 Å². The Labute approximate surface area is 130 Å². The highest BCUT2D eigenvalue weighted by Gasteiger charge is 2.57. The molecule has 2 fully saturated rings. The highest BCUT2D eigenvalue weighted by molar-refractivity contribution is 5.88. The molecule has 22 heavy (non-hydrogen) atoms. The van der Waals surface area contributed by atoms with E-state index >= 15 is 0 Å². The number of benzene rings is 1. The third kappa shape index (κ3) is 2.10. The quantitative estimate of drug-likeness (QED) is 0.911. The largest absolute Gasteiger partial charge is 0.347 e. The first-order valence-corrected chi connectivity index (χ1v) is 7.94. The van der Waals surface area contributed by atoms with Crippen LogP contribution >= 0.6 is 0 Å². The second kappa shape index (κ2) is 4.78. The van der Waals surface area contributed by atoms with Gasteiger partial charge >= 0.3 is 0 Å². The maximum atomic E-state index is 12.6. The number of hydrogen-bond donors (Lipinski definition) is 2. The summed E-state index contributed by atoms with van der Waals surface area (Å²) in [5.74, 6) is 1.50. The molecule has 114 valence electrons. The van der Waals surface area contributed by atoms with E-state index in [0.717, 1.165) is 29.4 Å². The minimum absolute atomic E-state index is 0.201. The predicted molar refractivity (Wildman–Crippen MR) is 86.3 cm³/mol. The fourth-order valence-electron chi connectivity index (χ4n) is 3.93. The summed E-state index contributed by atoms with van der Waals surface area (Å²) in [7, 11) is 0. The second-order valence-electron chi connectivity index (χ2n) is 7.03. The number of hydrogen-bond acceptors (Lipinski definition) is 3. The Kier molecular flexibility index (Phi) is 2.98. The molecule has 2 aromatic rings. The van der Waals surface area contributed by atoms with Crippen molar-refractivity contribution < 1.29 is 4.79 Å². The van der Waals surface area contributed by atoms with Crippen molar-refractivity contribution in [1.29, 1.82) is 0 Å². The van der Waals surface area contributed by atoms with Gasteiger partial charge in [-0.2, -0.15) is 0 Å². The molecule has 2 atom stereocenters. The molecule has 1 aliphatic heterocycles. The fraction of sp³-hybridized carbons (Fsp3) is 0.444. The van der Waals surface area contributed by atoms with Gasteiger partial charge in [-0.05, 0) is 55.8 Å². The molecule has 0 bridgehead atoms. The molecule has 2 N–H and O–H groups in total. The highest BCUT2D eigenvalue weighted by atomic mass is 16.2. The summed E-state index contributed by atoms with van der Waals surface area (Å²) in [6.07, 6.45) is 3.67. The molecule has 0 radical (unpaired) electrons. The van der Waals surface area contributed by atoms with Gasteiger partial charge in [0.2, 0.25) is 5.91 Å². The summed E-state index contributed by atoms with van der Waals surface area (Å²) in [6, 6.07) is 8.20. The van der Waals surface area contributed by atoms with Crippen molar-refractivity contribution in [2.45, 2.75) is 19.4 Å². The third-order valence-corrected chi connectivity index (χ3v) is 5.18. The maximum absolute atomic E-state index is 12.6. The van der Waals surface area contributed by atoms with Crippen LogP contribution in [0.5, 0.6) is 0 Å². The average Bonchev–Trinajstić information content (AvgIpc) is 3.00. The summed E-state index contributed by atoms with van der Waals surface area (Å²) < 4.78 is 0. The molecule has 1 aromatic heterocycles. The van der Waals surface area contributed by atoms with E-state index in [1.807, 2.05) is 18.3 Å². The standard InChI is InChI=1S/C18H21N3O/c1-18(2,21-17(22)16-13-9-20-10-14(13)16)15-5-3-4-11-8-19-7-6-12(11)15/h3-8,13-14,16,20H,9-10H2,1-2H3,(H,21,22). The topological polar surface area (TPSA) is 54.0 Å². The molecule has 1 saturated heterocycles. The van der Waals surface area contributed by atoms with Crippen LogP contribution in [0.2, 0.25) is 0 Å². The third-order valence-electron chi connectivity index (χ3n) is 5.18. The Morgan fingerprint density at radius 1 is 1.27 bits per heavy atom. The molecule has 4 rings (SSSR count). The molecule has 0 spiro atoms. The van der Waals surface area contributed by atoms with E-state index < -0.39 is 0 Å². The minimum atomic E-state index is -0.387. The second-order valence-corrected chi connectivity index (χ2v) is 7.03. The SMILES string of the molecule is CC(C)(NC(=O)C1C2CNCC21)c1cccc2cnccc12. The van der Waals surface area contributed by atoms with E-state index in [0.29, 0.717) is 11.8 Å². The lowest BCUT2D eigenvalue weighted by molar-refractivity contribution is -0.124. The summed E-state index contributed by atoms with van der Waals surface area (Å²) in [4.78, 5) is 16.8. The number of nitrogens with one attached hydrogen (secondary N) is 2. The molecular formula is C18H21N3O. The Hall–Kier alpha value is -1.94. The van der Waals surface area contributed by atoms with Gasteiger partial charge < -0.3 is 10.6 Å². The van der Waals surface area contributed by atoms with Crippen LogP contribution in [0.15, 0.2) is 36.7 Å². The van der Waals surface area contributed by atoms with Gasteiger partial charge in [0.15, 0.2) is 0 Å². The molecule has 2 aliphatic rings. The van der Waals surface area contributed by atoms with Gasteiger partial charge in [-0.15, -0.1) is 0 Å². The summed E-state index contributed by atoms with van der Waals surface area (Å²) >= 11 is 0. The molecule has 2 unspecified atom stereocenters. The van der Waals surface area contributed by atoms with E-state index in [9.17, 15) is 4.79 Å². The first-order valence-electron chi connectivity index (χ1n) is 7.94. The lowest BCUT2D eigenvalue weighted by Gasteiger charge is -2.28. The zero-order valence-corrected chi connectivity index (χ0v) is 13.0. The van der Waals surface area contributed by atoms with Crippen LogP contribution in [0.25, 0.3) is 10.8 Å². The molecule has 4 heteroatoms. The van der Waals surface area contributed by atoms with Crippen LogP contribution in [0.3, 0.4) is 0 Å². The van der Waals surface area contributed by atoms with Crippen LogP contribution < -0.4 is 10.6 Å². The fourth-order valence-corrected chi connectivity index (χ4v) is 3.93. The summed E-state index contributed by atoms with van der Waals surface area (Å²) in [5.41, 5.74) is 0.757. The first-order chi connectivity index (χ1) is 10.6. The maximum Gasteiger partial charge on any atom is 0.224 e. The van der Waals surface area contributed by atoms with Crippen molar-refractivity contribution in [1.82, 2.24) is 15.6 Å². The average molecular weight is 295 g/mol. The van der Waals surface area contributed by atoms with E-state index in [1.54, 1.807) is 6.20 Å². The van der Waals surface area contributed by atoms with Crippen molar-refractivity contribution in [2.75, 3.05) is 13.1 Å². The minimum Gasteiger partial charge on any atom is -0.347 e. The van der Waals surface area contributed by atoms with Crippen LogP contribution in [0, 0.1) is 17.8 Å². The van der Waals surface area contributed by atoms with E-state index in [4.69, 9.17) is 0 Å². The molecule has 1 aliphatic carbocycles. The van der Waals surface area contributed by atoms with Crippen LogP contribution in [0.1, 0.15) is 19.4 Å². The van der Waals surface area contributed by atoms with Crippen molar-refractivity contribution >= 4 is 16.7 Å². The molecule has 2 heterocycles. The lowest BCUT2D eigenvalue weighted by atomic mass is 9.89. The first kappa shape index (κ1) is 13.7. The zero-order chi connectivity index (χ0) is 15.3. The van der Waals surface area contributed by atoms with Gasteiger partial charge in [-0.1, -0.05) is 18.2 Å². The zero-order valence-electron chi connectivity index (χ0n) is 13.0. The lowest BCUT2D eigenvalue weighted by Crippen LogP contribution is -2.43. The van der Waals surface area contributed by atoms with Gasteiger partial charge in [-0.3, -0.25) is 9.78 Å². The number of fused-ring (bicyclic) bond motifs is 2. The number of nitrogens with zero attached hydrogens (tertiary/aromatic N) is 1. The Morgan fingerprint density at radius 2 is 2.05 bits per heavy atom. The smallest absolute Gasteiger partial charge is 0.224 e. The Morgan fingerprint density at radius 3 is 2.82 bits per heavy atom. The van der Waals surface area contributed by atoms with Crippen molar-refractivity contribution in [2.24, 2.45) is 17.8 Å². The van der Waals surface area contributed by atoms with Crippen molar-refractivity contribution in [3.05, 3.63) is 42.2 Å². The number of piperidine rings is 1. The number of carbonyl (C=O) groups excluding carboxylic acids is 1. The monoisotopic (exact) mass is 295 g/mol. The number of amides is 1. The van der Waals surface area contributed by atoms with Crippen LogP contribution in [-0.2, 0) is 10.3 Å². The van der Waals surface area contributed by atoms with Crippen molar-refractivity contribution in [3.8, 4) is 0 Å². The van der Waals surface area contributed by atoms with Crippen molar-refractivity contribution in [3.63, 3.8) is 0 Å². The van der Waals surface area contributed by atoms with E-state index in [1.165, 1.54) is 0 Å². The van der Waals surface area contributed by atoms with E-state index in [-0.39, 0.29) is 17.4 Å². The Balaban J connectivity index is 1.61. The molecule has 1 aromatic carbocycles. The predicted octanol–water partition coefficient (Wildman–Crippen LogP) is 2.05. The molecule has 1 amide bonds. The van der Waals surface area contributed by atoms with Gasteiger partial charge in [0.05, 0.1) is 5.54 Å². The molecule has 1 saturated carbocycles. The number of rotatable bonds is 3. The number of aromatic nitrogens is 1. The van der Waals surface area contributed by atoms with Crippen LogP contribution in [0.4, 0.5) is 0 Å². The summed E-state index contributed by atoms with van der Waals surface area (Å²) in [5, 5.41) is 8.87. The molecular weight excluding hydrogens is 274 g/mol. The van der Waals surface area contributed by atoms with Gasteiger partial charge in [0.1, 0.15) is 0 Å². The summed E-state index contributed by atoms with van der Waals surface area (Å²) in [6.45, 7) is 6.14.